The highest BCUT2D eigenvalue weighted by molar-refractivity contribution is 7.10. The number of nitrogens with one attached hydrogen (secondary N) is 1. The van der Waals surface area contributed by atoms with E-state index < -0.39 is 17.9 Å². The maximum absolute atomic E-state index is 11.9. The first kappa shape index (κ1) is 12.3. The average Bonchev–Trinajstić information content (AvgIpc) is 2.90. The van der Waals surface area contributed by atoms with Crippen molar-refractivity contribution in [2.45, 2.75) is 6.04 Å². The number of carboxylic acid groups (broad SMARTS) is 1. The molecule has 2 rings (SSSR count). The number of hydrogen-bond acceptors (Lipinski definition) is 3. The molecule has 1 aromatic carbocycles. The van der Waals surface area contributed by atoms with Gasteiger partial charge in [0.2, 0.25) is 0 Å². The third-order valence-corrected chi connectivity index (χ3v) is 3.32. The summed E-state index contributed by atoms with van der Waals surface area (Å²) in [5.41, 5.74) is 0.445. The Balaban J connectivity index is 2.16. The van der Waals surface area contributed by atoms with E-state index in [-0.39, 0.29) is 0 Å². The summed E-state index contributed by atoms with van der Waals surface area (Å²) in [6.07, 6.45) is 0. The molecule has 0 aliphatic rings. The van der Waals surface area contributed by atoms with Gasteiger partial charge in [-0.3, -0.25) is 4.79 Å². The summed E-state index contributed by atoms with van der Waals surface area (Å²) in [4.78, 5) is 23.6. The molecule has 0 fully saturated rings. The maximum Gasteiger partial charge on any atom is 0.331 e. The van der Waals surface area contributed by atoms with Crippen molar-refractivity contribution in [3.05, 3.63) is 58.3 Å². The van der Waals surface area contributed by atoms with Crippen LogP contribution in [0, 0.1) is 0 Å². The molecule has 2 N–H and O–H groups in total. The van der Waals surface area contributed by atoms with Gasteiger partial charge >= 0.3 is 5.97 Å². The number of carboxylic acids is 1. The number of thiophene rings is 1. The quantitative estimate of drug-likeness (QED) is 0.887. The summed E-state index contributed by atoms with van der Waals surface area (Å²) in [7, 11) is 0. The smallest absolute Gasteiger partial charge is 0.331 e. The minimum Gasteiger partial charge on any atom is -0.479 e. The second-order valence-corrected chi connectivity index (χ2v) is 4.61. The number of aliphatic carboxylic acids is 1. The van der Waals surface area contributed by atoms with Gasteiger partial charge < -0.3 is 10.4 Å². The highest BCUT2D eigenvalue weighted by Crippen LogP contribution is 2.19. The van der Waals surface area contributed by atoms with E-state index in [0.29, 0.717) is 10.4 Å². The molecule has 1 heterocycles. The third kappa shape index (κ3) is 2.75. The highest BCUT2D eigenvalue weighted by atomic mass is 32.1. The summed E-state index contributed by atoms with van der Waals surface area (Å²) in [6.45, 7) is 0. The van der Waals surface area contributed by atoms with Crippen molar-refractivity contribution in [3.63, 3.8) is 0 Å². The van der Waals surface area contributed by atoms with E-state index in [0.717, 1.165) is 0 Å². The van der Waals surface area contributed by atoms with Crippen LogP contribution in [0.15, 0.2) is 47.8 Å². The molecule has 0 saturated carbocycles. The standard InChI is InChI=1S/C13H11NO3S/c15-12(9-5-2-1-3-6-9)14-11(13(16)17)10-7-4-8-18-10/h1-8,11H,(H,14,15)(H,16,17). The molecule has 5 heteroatoms. The highest BCUT2D eigenvalue weighted by Gasteiger charge is 2.23. The van der Waals surface area contributed by atoms with Gasteiger partial charge in [0.1, 0.15) is 0 Å². The molecular formula is C13H11NO3S. The molecule has 1 unspecified atom stereocenters. The minimum atomic E-state index is -1.07. The second kappa shape index (κ2) is 5.46. The van der Waals surface area contributed by atoms with Crippen molar-refractivity contribution in [1.82, 2.24) is 5.32 Å². The van der Waals surface area contributed by atoms with Gasteiger partial charge in [-0.25, -0.2) is 4.79 Å². The van der Waals surface area contributed by atoms with E-state index in [9.17, 15) is 9.59 Å². The Bertz CT molecular complexity index is 537. The molecule has 2 aromatic rings. The van der Waals surface area contributed by atoms with Gasteiger partial charge in [0, 0.05) is 10.4 Å². The lowest BCUT2D eigenvalue weighted by Crippen LogP contribution is -2.33. The van der Waals surface area contributed by atoms with Gasteiger partial charge in [-0.1, -0.05) is 24.3 Å². The van der Waals surface area contributed by atoms with Crippen LogP contribution in [0.4, 0.5) is 0 Å². The van der Waals surface area contributed by atoms with Crippen LogP contribution in [-0.4, -0.2) is 17.0 Å². The lowest BCUT2D eigenvalue weighted by Gasteiger charge is -2.12. The van der Waals surface area contributed by atoms with Crippen molar-refractivity contribution in [2.24, 2.45) is 0 Å². The Hall–Kier alpha value is -2.14. The monoisotopic (exact) mass is 261 g/mol. The van der Waals surface area contributed by atoms with E-state index in [1.807, 2.05) is 0 Å². The summed E-state index contributed by atoms with van der Waals surface area (Å²) in [5.74, 6) is -1.46. The maximum atomic E-state index is 11.9. The van der Waals surface area contributed by atoms with Crippen LogP contribution in [0.1, 0.15) is 21.3 Å². The fourth-order valence-corrected chi connectivity index (χ4v) is 2.28. The SMILES string of the molecule is O=C(NC(C(=O)O)c1cccs1)c1ccccc1. The van der Waals surface area contributed by atoms with Crippen LogP contribution in [0.5, 0.6) is 0 Å². The Morgan fingerprint density at radius 1 is 1.11 bits per heavy atom. The first-order valence-corrected chi connectivity index (χ1v) is 6.18. The minimum absolute atomic E-state index is 0.392. The first-order chi connectivity index (χ1) is 8.68. The molecule has 1 atom stereocenters. The van der Waals surface area contributed by atoms with Crippen molar-refractivity contribution < 1.29 is 14.7 Å². The number of hydrogen-bond donors (Lipinski definition) is 2. The van der Waals surface area contributed by atoms with Crippen molar-refractivity contribution >= 4 is 23.2 Å². The molecule has 0 aliphatic carbocycles. The van der Waals surface area contributed by atoms with Gasteiger partial charge in [-0.2, -0.15) is 0 Å². The largest absolute Gasteiger partial charge is 0.479 e. The Kier molecular flexibility index (Phi) is 3.74. The molecule has 18 heavy (non-hydrogen) atoms. The van der Waals surface area contributed by atoms with Gasteiger partial charge in [-0.05, 0) is 23.6 Å². The zero-order valence-electron chi connectivity index (χ0n) is 9.37. The molecule has 0 bridgehead atoms. The summed E-state index contributed by atoms with van der Waals surface area (Å²) in [5, 5.41) is 13.4. The number of benzene rings is 1. The number of carbonyl (C=O) groups excluding carboxylic acids is 1. The van der Waals surface area contributed by atoms with Crippen LogP contribution < -0.4 is 5.32 Å². The van der Waals surface area contributed by atoms with E-state index in [1.165, 1.54) is 11.3 Å². The molecule has 4 nitrogen and oxygen atoms in total. The van der Waals surface area contributed by atoms with Gasteiger partial charge in [0.15, 0.2) is 6.04 Å². The van der Waals surface area contributed by atoms with Gasteiger partial charge in [0.05, 0.1) is 0 Å². The topological polar surface area (TPSA) is 66.4 Å². The Labute approximate surface area is 108 Å². The molecule has 1 amide bonds. The fraction of sp³-hybridized carbons (Fsp3) is 0.0769. The molecule has 0 radical (unpaired) electrons. The van der Waals surface area contributed by atoms with Crippen molar-refractivity contribution in [3.8, 4) is 0 Å². The van der Waals surface area contributed by atoms with E-state index in [1.54, 1.807) is 47.8 Å². The number of rotatable bonds is 4. The van der Waals surface area contributed by atoms with E-state index in [4.69, 9.17) is 5.11 Å². The Morgan fingerprint density at radius 2 is 1.83 bits per heavy atom. The predicted molar refractivity (Wildman–Crippen MR) is 68.6 cm³/mol. The van der Waals surface area contributed by atoms with E-state index >= 15 is 0 Å². The molecule has 0 spiro atoms. The molecule has 0 saturated heterocycles. The van der Waals surface area contributed by atoms with Crippen LogP contribution in [0.25, 0.3) is 0 Å². The number of amides is 1. The molecular weight excluding hydrogens is 250 g/mol. The van der Waals surface area contributed by atoms with Crippen molar-refractivity contribution in [2.75, 3.05) is 0 Å². The normalized spacial score (nSPS) is 11.8. The Morgan fingerprint density at radius 3 is 2.39 bits per heavy atom. The van der Waals surface area contributed by atoms with Crippen LogP contribution in [0.2, 0.25) is 0 Å². The molecule has 92 valence electrons. The predicted octanol–water partition coefficient (Wildman–Crippen LogP) is 2.30. The zero-order valence-corrected chi connectivity index (χ0v) is 10.2. The number of carbonyl (C=O) groups is 2. The van der Waals surface area contributed by atoms with Gasteiger partial charge in [-0.15, -0.1) is 11.3 Å². The summed E-state index contributed by atoms with van der Waals surface area (Å²) < 4.78 is 0. The molecule has 0 aliphatic heterocycles. The lowest BCUT2D eigenvalue weighted by molar-refractivity contribution is -0.139. The third-order valence-electron chi connectivity index (χ3n) is 2.39. The van der Waals surface area contributed by atoms with Crippen LogP contribution >= 0.6 is 11.3 Å². The summed E-state index contributed by atoms with van der Waals surface area (Å²) >= 11 is 1.30. The zero-order chi connectivity index (χ0) is 13.0. The average molecular weight is 261 g/mol. The van der Waals surface area contributed by atoms with Crippen LogP contribution in [0.3, 0.4) is 0 Å². The second-order valence-electron chi connectivity index (χ2n) is 3.63. The molecule has 1 aromatic heterocycles. The summed E-state index contributed by atoms with van der Waals surface area (Å²) in [6, 6.07) is 11.0. The van der Waals surface area contributed by atoms with Crippen molar-refractivity contribution in [1.29, 1.82) is 0 Å². The van der Waals surface area contributed by atoms with E-state index in [2.05, 4.69) is 5.32 Å². The van der Waals surface area contributed by atoms with Gasteiger partial charge in [0.25, 0.3) is 5.91 Å². The first-order valence-electron chi connectivity index (χ1n) is 5.30. The van der Waals surface area contributed by atoms with Crippen LogP contribution in [-0.2, 0) is 4.79 Å². The lowest BCUT2D eigenvalue weighted by atomic mass is 10.2. The fourth-order valence-electron chi connectivity index (χ4n) is 1.51.